The number of guanidine groups is 1. The van der Waals surface area contributed by atoms with Crippen molar-refractivity contribution in [2.24, 2.45) is 0 Å². The summed E-state index contributed by atoms with van der Waals surface area (Å²) in [5, 5.41) is 9.97. The van der Waals surface area contributed by atoms with E-state index in [4.69, 9.17) is 10.1 Å². The van der Waals surface area contributed by atoms with Crippen LogP contribution in [0.2, 0.25) is 0 Å². The summed E-state index contributed by atoms with van der Waals surface area (Å²) in [7, 11) is 3.24. The van der Waals surface area contributed by atoms with Crippen molar-refractivity contribution >= 4 is 33.9 Å². The van der Waals surface area contributed by atoms with Crippen molar-refractivity contribution in [1.82, 2.24) is 10.2 Å². The maximum absolute atomic E-state index is 11.7. The molecule has 1 heterocycles. The summed E-state index contributed by atoms with van der Waals surface area (Å²) in [4.78, 5) is 13.2. The Morgan fingerprint density at radius 1 is 1.50 bits per heavy atom. The Kier molecular flexibility index (Phi) is 3.38. The lowest BCUT2D eigenvalue weighted by atomic mass is 10.1. The number of nitrogens with one attached hydrogen (secondary N) is 2. The molecule has 1 aromatic carbocycles. The predicted molar refractivity (Wildman–Crippen MR) is 72.3 cm³/mol. The van der Waals surface area contributed by atoms with Gasteiger partial charge in [0.25, 0.3) is 5.91 Å². The summed E-state index contributed by atoms with van der Waals surface area (Å²) in [5.41, 5.74) is 1.19. The van der Waals surface area contributed by atoms with E-state index in [2.05, 4.69) is 21.2 Å². The van der Waals surface area contributed by atoms with Crippen LogP contribution in [-0.4, -0.2) is 30.9 Å². The zero-order valence-corrected chi connectivity index (χ0v) is 11.5. The van der Waals surface area contributed by atoms with Gasteiger partial charge in [0.1, 0.15) is 11.4 Å². The van der Waals surface area contributed by atoms with Crippen LogP contribution in [0, 0.1) is 5.41 Å². The Balaban J connectivity index is 2.47. The van der Waals surface area contributed by atoms with Crippen LogP contribution in [0.15, 0.2) is 28.4 Å². The Labute approximate surface area is 113 Å². The largest absolute Gasteiger partial charge is 0.496 e. The van der Waals surface area contributed by atoms with E-state index in [1.165, 1.54) is 4.90 Å². The second kappa shape index (κ2) is 4.81. The third-order valence-corrected chi connectivity index (χ3v) is 3.14. The highest BCUT2D eigenvalue weighted by atomic mass is 79.9. The number of likely N-dealkylation sites (N-methyl/N-ethyl adjacent to an activating group) is 1. The second-order valence-electron chi connectivity index (χ2n) is 3.78. The number of carbonyl (C=O) groups excluding carboxylic acids is 1. The highest BCUT2D eigenvalue weighted by molar-refractivity contribution is 9.10. The van der Waals surface area contributed by atoms with Gasteiger partial charge in [-0.3, -0.25) is 15.5 Å². The van der Waals surface area contributed by atoms with E-state index in [9.17, 15) is 4.79 Å². The van der Waals surface area contributed by atoms with Crippen LogP contribution in [0.5, 0.6) is 5.75 Å². The van der Waals surface area contributed by atoms with E-state index in [0.29, 0.717) is 11.4 Å². The van der Waals surface area contributed by atoms with Crippen molar-refractivity contribution in [3.8, 4) is 5.75 Å². The van der Waals surface area contributed by atoms with Crippen LogP contribution in [-0.2, 0) is 4.79 Å². The molecule has 2 N–H and O–H groups in total. The molecular formula is C12H12BrN3O2. The van der Waals surface area contributed by atoms with Gasteiger partial charge in [0, 0.05) is 17.1 Å². The highest BCUT2D eigenvalue weighted by Crippen LogP contribution is 2.26. The monoisotopic (exact) mass is 309 g/mol. The highest BCUT2D eigenvalue weighted by Gasteiger charge is 2.27. The Morgan fingerprint density at radius 2 is 2.22 bits per heavy atom. The van der Waals surface area contributed by atoms with Gasteiger partial charge in [-0.15, -0.1) is 0 Å². The molecule has 0 spiro atoms. The molecule has 6 heteroatoms. The molecule has 0 aliphatic carbocycles. The molecule has 5 nitrogen and oxygen atoms in total. The molecule has 1 saturated heterocycles. The van der Waals surface area contributed by atoms with Crippen LogP contribution in [0.25, 0.3) is 6.08 Å². The molecule has 1 aliphatic rings. The number of rotatable bonds is 2. The molecular weight excluding hydrogens is 298 g/mol. The predicted octanol–water partition coefficient (Wildman–Crippen LogP) is 1.79. The normalized spacial score (nSPS) is 17.3. The topological polar surface area (TPSA) is 65.4 Å². The number of amides is 1. The van der Waals surface area contributed by atoms with Gasteiger partial charge in [-0.25, -0.2) is 0 Å². The Hall–Kier alpha value is -1.82. The fraction of sp³-hybridized carbons (Fsp3) is 0.167. The summed E-state index contributed by atoms with van der Waals surface area (Å²) in [6, 6.07) is 5.53. The Morgan fingerprint density at radius 3 is 2.78 bits per heavy atom. The molecule has 18 heavy (non-hydrogen) atoms. The maximum atomic E-state index is 11.7. The molecule has 1 aliphatic heterocycles. The lowest BCUT2D eigenvalue weighted by molar-refractivity contribution is -0.115. The van der Waals surface area contributed by atoms with Crippen molar-refractivity contribution in [2.45, 2.75) is 0 Å². The van der Waals surface area contributed by atoms with Gasteiger partial charge in [-0.2, -0.15) is 0 Å². The lowest BCUT2D eigenvalue weighted by Crippen LogP contribution is -2.25. The minimum atomic E-state index is -0.287. The van der Waals surface area contributed by atoms with Gasteiger partial charge in [0.05, 0.1) is 7.11 Å². The molecule has 94 valence electrons. The second-order valence-corrected chi connectivity index (χ2v) is 4.69. The number of hydrogen-bond acceptors (Lipinski definition) is 3. The molecule has 1 fully saturated rings. The summed E-state index contributed by atoms with van der Waals surface area (Å²) >= 11 is 3.38. The molecule has 1 amide bonds. The average Bonchev–Trinajstić information content (AvgIpc) is 2.56. The number of halogens is 1. The smallest absolute Gasteiger partial charge is 0.274 e. The SMILES string of the molecule is COc1ccc(Br)cc1C=C1C(=O)NC(=N)N1C. The maximum Gasteiger partial charge on any atom is 0.274 e. The van der Waals surface area contributed by atoms with Crippen LogP contribution in [0.1, 0.15) is 5.56 Å². The van der Waals surface area contributed by atoms with Crippen LogP contribution in [0.3, 0.4) is 0 Å². The quantitative estimate of drug-likeness (QED) is 0.819. The fourth-order valence-electron chi connectivity index (χ4n) is 1.66. The molecule has 0 radical (unpaired) electrons. The molecule has 0 atom stereocenters. The molecule has 0 saturated carbocycles. The van der Waals surface area contributed by atoms with Gasteiger partial charge >= 0.3 is 0 Å². The number of carbonyl (C=O) groups is 1. The third-order valence-electron chi connectivity index (χ3n) is 2.65. The standard InChI is InChI=1S/C12H12BrN3O2/c1-16-9(11(17)15-12(16)14)6-7-5-8(13)3-4-10(7)18-2/h3-6H,1-2H3,(H2,14,15,17). The Bertz CT molecular complexity index is 554. The first kappa shape index (κ1) is 12.6. The van der Waals surface area contributed by atoms with Crippen LogP contribution >= 0.6 is 15.9 Å². The van der Waals surface area contributed by atoms with Gasteiger partial charge in [-0.1, -0.05) is 15.9 Å². The fourth-order valence-corrected chi connectivity index (χ4v) is 2.03. The van der Waals surface area contributed by atoms with Crippen molar-refractivity contribution in [1.29, 1.82) is 5.41 Å². The van der Waals surface area contributed by atoms with Crippen molar-refractivity contribution < 1.29 is 9.53 Å². The van der Waals surface area contributed by atoms with E-state index in [-0.39, 0.29) is 11.9 Å². The van der Waals surface area contributed by atoms with E-state index in [0.717, 1.165) is 10.0 Å². The zero-order valence-electron chi connectivity index (χ0n) is 9.95. The summed E-state index contributed by atoms with van der Waals surface area (Å²) < 4.78 is 6.13. The van der Waals surface area contributed by atoms with Gasteiger partial charge in [-0.05, 0) is 24.3 Å². The molecule has 2 rings (SSSR count). The first-order valence-corrected chi connectivity index (χ1v) is 6.01. The third kappa shape index (κ3) is 2.24. The number of benzene rings is 1. The minimum Gasteiger partial charge on any atom is -0.496 e. The van der Waals surface area contributed by atoms with E-state index < -0.39 is 0 Å². The number of nitrogens with zero attached hydrogens (tertiary/aromatic N) is 1. The number of ether oxygens (including phenoxy) is 1. The van der Waals surface area contributed by atoms with E-state index in [1.54, 1.807) is 20.2 Å². The van der Waals surface area contributed by atoms with Gasteiger partial charge < -0.3 is 9.64 Å². The summed E-state index contributed by atoms with van der Waals surface area (Å²) in [5.74, 6) is 0.454. The van der Waals surface area contributed by atoms with Crippen molar-refractivity contribution in [3.05, 3.63) is 33.9 Å². The number of methoxy groups -OCH3 is 1. The molecule has 0 aromatic heterocycles. The van der Waals surface area contributed by atoms with Crippen LogP contribution < -0.4 is 10.1 Å². The van der Waals surface area contributed by atoms with E-state index >= 15 is 0 Å². The first-order valence-electron chi connectivity index (χ1n) is 5.22. The summed E-state index contributed by atoms with van der Waals surface area (Å²) in [6.45, 7) is 0. The molecule has 0 unspecified atom stereocenters. The number of hydrogen-bond donors (Lipinski definition) is 2. The minimum absolute atomic E-state index is 0.0696. The average molecular weight is 310 g/mol. The summed E-state index contributed by atoms with van der Waals surface area (Å²) in [6.07, 6.45) is 1.69. The zero-order chi connectivity index (χ0) is 13.3. The first-order chi connectivity index (χ1) is 8.52. The van der Waals surface area contributed by atoms with Crippen molar-refractivity contribution in [3.63, 3.8) is 0 Å². The van der Waals surface area contributed by atoms with Gasteiger partial charge in [0.2, 0.25) is 5.96 Å². The van der Waals surface area contributed by atoms with E-state index in [1.807, 2.05) is 18.2 Å². The molecule has 0 bridgehead atoms. The molecule has 1 aromatic rings. The van der Waals surface area contributed by atoms with Crippen molar-refractivity contribution in [2.75, 3.05) is 14.2 Å². The van der Waals surface area contributed by atoms with Gasteiger partial charge in [0.15, 0.2) is 0 Å². The lowest BCUT2D eigenvalue weighted by Gasteiger charge is -2.10. The van der Waals surface area contributed by atoms with Crippen LogP contribution in [0.4, 0.5) is 0 Å².